The van der Waals surface area contributed by atoms with Crippen LogP contribution in [0.5, 0.6) is 0 Å². The van der Waals surface area contributed by atoms with Gasteiger partial charge in [-0.1, -0.05) is 72.8 Å². The second kappa shape index (κ2) is 6.63. The number of aromatic nitrogens is 1. The number of para-hydroxylation sites is 1. The summed E-state index contributed by atoms with van der Waals surface area (Å²) >= 11 is 1.90. The molecular weight excluding hydrogens is 454 g/mol. The van der Waals surface area contributed by atoms with Crippen molar-refractivity contribution in [1.29, 1.82) is 0 Å². The van der Waals surface area contributed by atoms with Crippen LogP contribution in [0.4, 0.5) is 0 Å². The number of rotatable bonds is 1. The molecule has 0 unspecified atom stereocenters. The van der Waals surface area contributed by atoms with E-state index >= 15 is 0 Å². The minimum absolute atomic E-state index is 1.20. The Balaban J connectivity index is 1.55. The summed E-state index contributed by atoms with van der Waals surface area (Å²) < 4.78 is 5.14. The standard InChI is InChI=1S/C34H19NS/c1-2-9-21(10-3-1)35-28-14-7-13-24-26-19-31-27(22-11-4-5-15-30(22)36-31)18-25(26)23-12-6-8-20-16-17-29(35)34(32(20)23)33(24)28/h1-19H. The van der Waals surface area contributed by atoms with Gasteiger partial charge in [-0.2, -0.15) is 0 Å². The van der Waals surface area contributed by atoms with E-state index in [4.69, 9.17) is 0 Å². The lowest BCUT2D eigenvalue weighted by Crippen LogP contribution is -1.94. The van der Waals surface area contributed by atoms with Gasteiger partial charge in [0.2, 0.25) is 0 Å². The second-order valence-electron chi connectivity index (χ2n) is 9.73. The first-order valence-electron chi connectivity index (χ1n) is 12.4. The van der Waals surface area contributed by atoms with Gasteiger partial charge in [0, 0.05) is 36.6 Å². The molecule has 0 saturated heterocycles. The van der Waals surface area contributed by atoms with Gasteiger partial charge in [-0.15, -0.1) is 11.3 Å². The largest absolute Gasteiger partial charge is 0.309 e. The number of nitrogens with zero attached hydrogens (tertiary/aromatic N) is 1. The molecule has 0 radical (unpaired) electrons. The highest BCUT2D eigenvalue weighted by Gasteiger charge is 2.25. The molecule has 8 aromatic rings. The molecule has 166 valence electrons. The van der Waals surface area contributed by atoms with Crippen LogP contribution in [0, 0.1) is 0 Å². The summed E-state index contributed by atoms with van der Waals surface area (Å²) in [7, 11) is 0. The summed E-state index contributed by atoms with van der Waals surface area (Å²) in [6.07, 6.45) is 0. The Hall–Kier alpha value is -4.40. The predicted molar refractivity (Wildman–Crippen MR) is 156 cm³/mol. The van der Waals surface area contributed by atoms with Gasteiger partial charge in [-0.05, 0) is 75.5 Å². The minimum Gasteiger partial charge on any atom is -0.309 e. The first kappa shape index (κ1) is 18.9. The molecule has 1 aliphatic carbocycles. The normalized spacial score (nSPS) is 12.4. The van der Waals surface area contributed by atoms with Crippen molar-refractivity contribution in [3.63, 3.8) is 0 Å². The molecule has 0 amide bonds. The number of fused-ring (bicyclic) bond motifs is 6. The summed E-state index contributed by atoms with van der Waals surface area (Å²) in [6, 6.07) is 42.7. The van der Waals surface area contributed by atoms with E-state index in [-0.39, 0.29) is 0 Å². The van der Waals surface area contributed by atoms with Gasteiger partial charge in [-0.3, -0.25) is 0 Å². The quantitative estimate of drug-likeness (QED) is 0.223. The first-order chi connectivity index (χ1) is 17.9. The van der Waals surface area contributed by atoms with Crippen molar-refractivity contribution < 1.29 is 0 Å². The number of hydrogen-bond acceptors (Lipinski definition) is 1. The number of thiophene rings is 1. The van der Waals surface area contributed by atoms with Crippen LogP contribution < -0.4 is 0 Å². The summed E-state index contributed by atoms with van der Waals surface area (Å²) in [5, 5.41) is 8.08. The maximum absolute atomic E-state index is 2.45. The van der Waals surface area contributed by atoms with Crippen molar-refractivity contribution in [3.8, 4) is 27.9 Å². The van der Waals surface area contributed by atoms with Crippen molar-refractivity contribution >= 4 is 64.1 Å². The van der Waals surface area contributed by atoms with E-state index in [1.165, 1.54) is 80.7 Å². The van der Waals surface area contributed by atoms with Crippen molar-refractivity contribution in [2.75, 3.05) is 0 Å². The van der Waals surface area contributed by atoms with Crippen molar-refractivity contribution in [3.05, 3.63) is 115 Å². The van der Waals surface area contributed by atoms with Gasteiger partial charge < -0.3 is 4.57 Å². The Bertz CT molecular complexity index is 2190. The van der Waals surface area contributed by atoms with E-state index in [1.54, 1.807) is 0 Å². The van der Waals surface area contributed by atoms with Crippen molar-refractivity contribution in [2.24, 2.45) is 0 Å². The lowest BCUT2D eigenvalue weighted by Gasteiger charge is -2.14. The number of hydrogen-bond donors (Lipinski definition) is 0. The summed E-state index contributed by atoms with van der Waals surface area (Å²) in [5.74, 6) is 0. The molecule has 0 bridgehead atoms. The molecule has 2 heteroatoms. The molecule has 1 nitrogen and oxygen atoms in total. The molecule has 6 aromatic carbocycles. The molecule has 0 aliphatic heterocycles. The fourth-order valence-corrected chi connectivity index (χ4v) is 7.57. The fourth-order valence-electron chi connectivity index (χ4n) is 6.45. The molecule has 1 aliphatic rings. The summed E-state index contributed by atoms with van der Waals surface area (Å²) in [5.41, 5.74) is 9.05. The highest BCUT2D eigenvalue weighted by atomic mass is 32.1. The Kier molecular flexibility index (Phi) is 3.47. The van der Waals surface area contributed by atoms with E-state index in [1.807, 2.05) is 11.3 Å². The average Bonchev–Trinajstić information content (AvgIpc) is 3.44. The summed E-state index contributed by atoms with van der Waals surface area (Å²) in [6.45, 7) is 0. The highest BCUT2D eigenvalue weighted by molar-refractivity contribution is 7.25. The Morgan fingerprint density at radius 3 is 2.11 bits per heavy atom. The second-order valence-corrected chi connectivity index (χ2v) is 10.8. The van der Waals surface area contributed by atoms with E-state index in [9.17, 15) is 0 Å². The predicted octanol–water partition coefficient (Wildman–Crippen LogP) is 9.95. The highest BCUT2D eigenvalue weighted by Crippen LogP contribution is 2.51. The first-order valence-corrected chi connectivity index (χ1v) is 13.2. The molecule has 0 saturated carbocycles. The van der Waals surface area contributed by atoms with Gasteiger partial charge in [0.25, 0.3) is 0 Å². The zero-order valence-corrected chi connectivity index (χ0v) is 20.1. The van der Waals surface area contributed by atoms with Crippen molar-refractivity contribution in [1.82, 2.24) is 4.57 Å². The van der Waals surface area contributed by atoms with Gasteiger partial charge >= 0.3 is 0 Å². The van der Waals surface area contributed by atoms with Gasteiger partial charge in [0.05, 0.1) is 11.0 Å². The van der Waals surface area contributed by atoms with Crippen LogP contribution in [0.3, 0.4) is 0 Å². The molecule has 0 atom stereocenters. The minimum atomic E-state index is 1.20. The molecule has 36 heavy (non-hydrogen) atoms. The van der Waals surface area contributed by atoms with E-state index < -0.39 is 0 Å². The Morgan fingerprint density at radius 1 is 0.444 bits per heavy atom. The zero-order chi connectivity index (χ0) is 23.4. The third-order valence-electron chi connectivity index (χ3n) is 7.91. The van der Waals surface area contributed by atoms with Crippen LogP contribution in [0.2, 0.25) is 0 Å². The average molecular weight is 474 g/mol. The SMILES string of the molecule is c1ccc(-n2c3cccc4c3c3c5c(cccc5ccc32)-c2cc3c(cc2-4)sc2ccccc23)cc1. The number of benzene rings is 6. The van der Waals surface area contributed by atoms with E-state index in [0.29, 0.717) is 0 Å². The monoisotopic (exact) mass is 473 g/mol. The molecule has 0 spiro atoms. The maximum Gasteiger partial charge on any atom is 0.0547 e. The molecule has 0 N–H and O–H groups in total. The van der Waals surface area contributed by atoms with Crippen molar-refractivity contribution in [2.45, 2.75) is 0 Å². The zero-order valence-electron chi connectivity index (χ0n) is 19.3. The lowest BCUT2D eigenvalue weighted by atomic mass is 9.92. The molecule has 9 rings (SSSR count). The topological polar surface area (TPSA) is 4.93 Å². The lowest BCUT2D eigenvalue weighted by molar-refractivity contribution is 1.18. The van der Waals surface area contributed by atoms with Crippen LogP contribution in [0.1, 0.15) is 0 Å². The van der Waals surface area contributed by atoms with Gasteiger partial charge in [0.15, 0.2) is 0 Å². The van der Waals surface area contributed by atoms with Gasteiger partial charge in [0.1, 0.15) is 0 Å². The van der Waals surface area contributed by atoms with Crippen LogP contribution in [-0.4, -0.2) is 4.57 Å². The van der Waals surface area contributed by atoms with E-state index in [0.717, 1.165) is 0 Å². The third kappa shape index (κ3) is 2.26. The van der Waals surface area contributed by atoms with Gasteiger partial charge in [-0.25, -0.2) is 0 Å². The van der Waals surface area contributed by atoms with Crippen LogP contribution >= 0.6 is 11.3 Å². The maximum atomic E-state index is 2.45. The van der Waals surface area contributed by atoms with Crippen LogP contribution in [0.15, 0.2) is 115 Å². The molecular formula is C34H19NS. The fraction of sp³-hybridized carbons (Fsp3) is 0. The Labute approximate surface area is 211 Å². The molecule has 2 heterocycles. The van der Waals surface area contributed by atoms with Crippen LogP contribution in [-0.2, 0) is 0 Å². The summed E-state index contributed by atoms with van der Waals surface area (Å²) in [4.78, 5) is 0. The third-order valence-corrected chi connectivity index (χ3v) is 9.04. The Morgan fingerprint density at radius 2 is 1.19 bits per heavy atom. The van der Waals surface area contributed by atoms with Crippen LogP contribution in [0.25, 0.3) is 80.7 Å². The molecule has 2 aromatic heterocycles. The van der Waals surface area contributed by atoms with E-state index in [2.05, 4.69) is 120 Å². The smallest absolute Gasteiger partial charge is 0.0547 e. The molecule has 0 fully saturated rings.